The molecule has 2 unspecified atom stereocenters. The van der Waals surface area contributed by atoms with Gasteiger partial charge >= 0.3 is 0 Å². The fourth-order valence-electron chi connectivity index (χ4n) is 4.68. The number of nitrogens with two attached hydrogens (primary N) is 1. The number of benzene rings is 2. The van der Waals surface area contributed by atoms with E-state index in [1.54, 1.807) is 81.3 Å². The molecule has 2 aliphatic heterocycles. The van der Waals surface area contributed by atoms with Crippen LogP contribution in [0.1, 0.15) is 36.1 Å². The predicted octanol–water partition coefficient (Wildman–Crippen LogP) is 5.95. The van der Waals surface area contributed by atoms with E-state index in [1.807, 2.05) is 37.4 Å². The van der Waals surface area contributed by atoms with Crippen LogP contribution in [0.2, 0.25) is 10.0 Å². The van der Waals surface area contributed by atoms with Gasteiger partial charge in [-0.05, 0) is 72.4 Å². The van der Waals surface area contributed by atoms with Gasteiger partial charge in [0.1, 0.15) is 5.40 Å². The summed E-state index contributed by atoms with van der Waals surface area (Å²) in [5, 5.41) is 11.2. The number of halogens is 2. The molecule has 6 rings (SSSR count). The molecule has 2 aromatic heterocycles. The van der Waals surface area contributed by atoms with Gasteiger partial charge in [-0.25, -0.2) is 0 Å². The number of likely N-dealkylation sites (N-methyl/N-ethyl adjacent to an activating group) is 2. The Labute approximate surface area is 281 Å². The first-order valence-corrected chi connectivity index (χ1v) is 15.7. The van der Waals surface area contributed by atoms with Gasteiger partial charge in [-0.2, -0.15) is 5.26 Å². The maximum atomic E-state index is 12.6. The Kier molecular flexibility index (Phi) is 11.6. The molecule has 0 bridgehead atoms. The lowest BCUT2D eigenvalue weighted by Crippen LogP contribution is -2.39. The number of hydrogen-bond donors (Lipinski definition) is 1. The molecule has 4 aromatic rings. The fourth-order valence-corrected chi connectivity index (χ4v) is 5.54. The molecule has 234 valence electrons. The number of rotatable bonds is 3. The van der Waals surface area contributed by atoms with E-state index < -0.39 is 11.5 Å². The summed E-state index contributed by atoms with van der Waals surface area (Å²) in [6.45, 7) is 4.00. The zero-order valence-corrected chi connectivity index (χ0v) is 27.8. The van der Waals surface area contributed by atoms with Crippen LogP contribution in [-0.4, -0.2) is 58.8 Å². The second kappa shape index (κ2) is 15.6. The number of carbonyl (C=O) groups is 2. The van der Waals surface area contributed by atoms with Crippen molar-refractivity contribution in [3.05, 3.63) is 118 Å². The van der Waals surface area contributed by atoms with Crippen LogP contribution in [0.15, 0.2) is 95.4 Å². The van der Waals surface area contributed by atoms with Crippen molar-refractivity contribution in [2.24, 2.45) is 15.7 Å². The minimum Gasteiger partial charge on any atom is -0.312 e. The van der Waals surface area contributed by atoms with Gasteiger partial charge in [0.25, 0.3) is 11.8 Å². The average molecular weight is 674 g/mol. The van der Waals surface area contributed by atoms with E-state index in [0.29, 0.717) is 27.2 Å². The van der Waals surface area contributed by atoms with Crippen LogP contribution in [0.25, 0.3) is 0 Å². The highest BCUT2D eigenvalue weighted by atomic mass is 35.5. The number of pyridine rings is 2. The standard InChI is InChI=1S/C16H11ClN4OS.C15H13ClN4O.C2H6/c1-21-13-5-4-11(17)7-12(13)14(10-3-2-6-19-8-10)20-15(16(21)22)23-9-18;1-20-12-5-4-10(16)7-11(12)13(19-14(17)15(20)21)9-3-2-6-18-8-9;1-2/h2-8,15H,1H3;2-8,14H,17H2,1H3;1-2H3. The maximum Gasteiger partial charge on any atom is 0.266 e. The average Bonchev–Trinajstić information content (AvgIpc) is 3.24. The first-order chi connectivity index (χ1) is 22.2. The number of amides is 2. The summed E-state index contributed by atoms with van der Waals surface area (Å²) in [5.41, 5.74) is 11.6. The molecule has 2 atom stereocenters. The molecular formula is C33H30Cl2N8O2S. The first-order valence-electron chi connectivity index (χ1n) is 14.1. The largest absolute Gasteiger partial charge is 0.312 e. The van der Waals surface area contributed by atoms with Gasteiger partial charge in [0.2, 0.25) is 0 Å². The monoisotopic (exact) mass is 672 g/mol. The molecule has 4 heterocycles. The maximum absolute atomic E-state index is 12.6. The number of nitrogens with zero attached hydrogens (tertiary/aromatic N) is 7. The second-order valence-electron chi connectivity index (χ2n) is 9.56. The number of carbonyl (C=O) groups excluding carboxylic acids is 2. The van der Waals surface area contributed by atoms with Gasteiger partial charge in [0.05, 0.1) is 22.8 Å². The number of nitriles is 1. The lowest BCUT2D eigenvalue weighted by molar-refractivity contribution is -0.119. The van der Waals surface area contributed by atoms with Crippen molar-refractivity contribution in [1.29, 1.82) is 5.26 Å². The Morgan fingerprint density at radius 2 is 1.26 bits per heavy atom. The van der Waals surface area contributed by atoms with E-state index in [4.69, 9.17) is 34.2 Å². The smallest absolute Gasteiger partial charge is 0.266 e. The van der Waals surface area contributed by atoms with Crippen LogP contribution in [0.5, 0.6) is 0 Å². The molecule has 0 radical (unpaired) electrons. The lowest BCUT2D eigenvalue weighted by atomic mass is 10.0. The molecule has 0 fully saturated rings. The molecule has 2 N–H and O–H groups in total. The van der Waals surface area contributed by atoms with Crippen molar-refractivity contribution in [2.75, 3.05) is 23.9 Å². The Hall–Kier alpha value is -4.60. The SMILES string of the molecule is CC.CN1C(=O)C(N)N=C(c2cccnc2)c2cc(Cl)ccc21.CN1C(=O)C(SC#N)N=C(c2cccnc2)c2cc(Cl)ccc21. The molecule has 46 heavy (non-hydrogen) atoms. The molecule has 13 heteroatoms. The van der Waals surface area contributed by atoms with Crippen molar-refractivity contribution in [1.82, 2.24) is 9.97 Å². The Morgan fingerprint density at radius 1 is 0.783 bits per heavy atom. The van der Waals surface area contributed by atoms with Crippen LogP contribution in [0.4, 0.5) is 11.4 Å². The first kappa shape index (κ1) is 34.3. The summed E-state index contributed by atoms with van der Waals surface area (Å²) in [4.78, 5) is 44.9. The number of benzodiazepines with no additional fused rings is 2. The summed E-state index contributed by atoms with van der Waals surface area (Å²) in [6.07, 6.45) is 5.76. The van der Waals surface area contributed by atoms with E-state index >= 15 is 0 Å². The number of thioether (sulfide) groups is 1. The van der Waals surface area contributed by atoms with E-state index in [-0.39, 0.29) is 11.8 Å². The van der Waals surface area contributed by atoms with E-state index in [0.717, 1.165) is 39.7 Å². The molecule has 0 saturated heterocycles. The normalized spacial score (nSPS) is 16.9. The van der Waals surface area contributed by atoms with E-state index in [1.165, 1.54) is 9.80 Å². The van der Waals surface area contributed by atoms with Gasteiger partial charge < -0.3 is 15.5 Å². The van der Waals surface area contributed by atoms with Crippen molar-refractivity contribution in [3.8, 4) is 5.40 Å². The van der Waals surface area contributed by atoms with Crippen molar-refractivity contribution in [3.63, 3.8) is 0 Å². The van der Waals surface area contributed by atoms with Crippen LogP contribution < -0.4 is 15.5 Å². The Morgan fingerprint density at radius 3 is 1.72 bits per heavy atom. The molecule has 0 saturated carbocycles. The third-order valence-electron chi connectivity index (χ3n) is 6.82. The molecule has 0 aliphatic carbocycles. The summed E-state index contributed by atoms with van der Waals surface area (Å²) in [7, 11) is 3.35. The summed E-state index contributed by atoms with van der Waals surface area (Å²) in [5.74, 6) is -0.517. The fraction of sp³-hybridized carbons (Fsp3) is 0.182. The van der Waals surface area contributed by atoms with Gasteiger partial charge in [-0.1, -0.05) is 37.0 Å². The van der Waals surface area contributed by atoms with Crippen molar-refractivity contribution < 1.29 is 9.59 Å². The Bertz CT molecular complexity index is 1830. The van der Waals surface area contributed by atoms with Gasteiger partial charge in [-0.15, -0.1) is 0 Å². The molecule has 2 aliphatic rings. The molecule has 0 spiro atoms. The van der Waals surface area contributed by atoms with E-state index in [9.17, 15) is 9.59 Å². The minimum atomic E-state index is -0.948. The van der Waals surface area contributed by atoms with Gasteiger partial charge in [0.15, 0.2) is 11.5 Å². The number of hydrogen-bond acceptors (Lipinski definition) is 9. The predicted molar refractivity (Wildman–Crippen MR) is 186 cm³/mol. The van der Waals surface area contributed by atoms with Gasteiger partial charge in [-0.3, -0.25) is 29.5 Å². The van der Waals surface area contributed by atoms with Gasteiger partial charge in [0, 0.05) is 71.2 Å². The summed E-state index contributed by atoms with van der Waals surface area (Å²) >= 11 is 13.1. The van der Waals surface area contributed by atoms with Crippen LogP contribution in [-0.2, 0) is 9.59 Å². The molecule has 2 amide bonds. The van der Waals surface area contributed by atoms with Crippen molar-refractivity contribution in [2.45, 2.75) is 25.4 Å². The highest BCUT2D eigenvalue weighted by Crippen LogP contribution is 2.32. The second-order valence-corrected chi connectivity index (χ2v) is 11.3. The van der Waals surface area contributed by atoms with Crippen LogP contribution in [0.3, 0.4) is 0 Å². The van der Waals surface area contributed by atoms with Crippen molar-refractivity contribution >= 4 is 69.6 Å². The minimum absolute atomic E-state index is 0.251. The highest BCUT2D eigenvalue weighted by molar-refractivity contribution is 8.05. The zero-order chi connectivity index (χ0) is 33.4. The third-order valence-corrected chi connectivity index (χ3v) is 7.93. The molecule has 2 aromatic carbocycles. The number of thiocyanates is 1. The molecule has 10 nitrogen and oxygen atoms in total. The summed E-state index contributed by atoms with van der Waals surface area (Å²) in [6, 6.07) is 17.9. The lowest BCUT2D eigenvalue weighted by Gasteiger charge is -2.19. The number of aliphatic imine (C=N–C) groups is 2. The summed E-state index contributed by atoms with van der Waals surface area (Å²) < 4.78 is 0. The third kappa shape index (κ3) is 7.43. The number of fused-ring (bicyclic) bond motifs is 2. The zero-order valence-electron chi connectivity index (χ0n) is 25.4. The number of anilines is 2. The van der Waals surface area contributed by atoms with Crippen LogP contribution in [0, 0.1) is 10.7 Å². The van der Waals surface area contributed by atoms with Crippen LogP contribution >= 0.6 is 35.0 Å². The number of aromatic nitrogens is 2. The Balaban J connectivity index is 0.000000199. The highest BCUT2D eigenvalue weighted by Gasteiger charge is 2.31. The topological polar surface area (TPSA) is 141 Å². The van der Waals surface area contributed by atoms with E-state index in [2.05, 4.69) is 20.0 Å². The molecular weight excluding hydrogens is 643 g/mol. The quantitative estimate of drug-likeness (QED) is 0.265.